The Morgan fingerprint density at radius 3 is 2.75 bits per heavy atom. The first-order chi connectivity index (χ1) is 13.3. The van der Waals surface area contributed by atoms with Crippen molar-refractivity contribution in [2.45, 2.75) is 26.7 Å². The second kappa shape index (κ2) is 8.15. The van der Waals surface area contributed by atoms with E-state index in [1.54, 1.807) is 18.3 Å². The Kier molecular flexibility index (Phi) is 5.85. The molecule has 0 saturated heterocycles. The van der Waals surface area contributed by atoms with Gasteiger partial charge < -0.3 is 20.6 Å². The number of nitrogens with two attached hydrogens (primary N) is 2. The van der Waals surface area contributed by atoms with Crippen molar-refractivity contribution in [3.8, 4) is 11.1 Å². The van der Waals surface area contributed by atoms with E-state index in [1.165, 1.54) is 0 Å². The zero-order valence-electron chi connectivity index (χ0n) is 15.5. The Morgan fingerprint density at radius 1 is 1.39 bits per heavy atom. The Bertz CT molecular complexity index is 980. The molecule has 2 aromatic heterocycles. The monoisotopic (exact) mass is 420 g/mol. The molecule has 2 aromatic rings. The predicted molar refractivity (Wildman–Crippen MR) is 111 cm³/mol. The molecule has 0 unspecified atom stereocenters. The zero-order valence-corrected chi connectivity index (χ0v) is 17.1. The molecule has 8 nitrogen and oxygen atoms in total. The van der Waals surface area contributed by atoms with Crippen LogP contribution in [0.25, 0.3) is 11.1 Å². The fraction of sp³-hybridized carbons (Fsp3) is 0.278. The zero-order chi connectivity index (χ0) is 20.4. The third-order valence-electron chi connectivity index (χ3n) is 4.77. The van der Waals surface area contributed by atoms with Crippen LogP contribution >= 0.6 is 24.5 Å². The normalized spacial score (nSPS) is 15.5. The summed E-state index contributed by atoms with van der Waals surface area (Å²) in [5.74, 6) is 0.369. The number of pyridine rings is 1. The van der Waals surface area contributed by atoms with Crippen LogP contribution in [0.3, 0.4) is 0 Å². The fourth-order valence-electron chi connectivity index (χ4n) is 3.22. The first-order valence-electron chi connectivity index (χ1n) is 8.60. The lowest BCUT2D eigenvalue weighted by atomic mass is 9.99. The smallest absolute Gasteiger partial charge is 0.369 e. The fourth-order valence-corrected chi connectivity index (χ4v) is 3.43. The summed E-state index contributed by atoms with van der Waals surface area (Å²) in [6, 6.07) is 3.59. The van der Waals surface area contributed by atoms with Crippen LogP contribution in [0.1, 0.15) is 35.9 Å². The maximum atomic E-state index is 12.3. The highest BCUT2D eigenvalue weighted by atomic mass is 35.5. The molecule has 0 atom stereocenters. The highest BCUT2D eigenvalue weighted by molar-refractivity contribution is 7.75. The van der Waals surface area contributed by atoms with Crippen molar-refractivity contribution in [2.24, 2.45) is 11.5 Å². The van der Waals surface area contributed by atoms with Crippen LogP contribution in [0.2, 0.25) is 0 Å². The van der Waals surface area contributed by atoms with Gasteiger partial charge in [0.05, 0.1) is 6.20 Å². The Balaban J connectivity index is 2.11. The largest absolute Gasteiger partial charge is 0.390 e. The molecule has 3 heterocycles. The molecule has 10 heteroatoms. The van der Waals surface area contributed by atoms with Gasteiger partial charge in [0, 0.05) is 36.3 Å². The molecular weight excluding hydrogens is 400 g/mol. The second-order valence-corrected chi connectivity index (χ2v) is 7.03. The van der Waals surface area contributed by atoms with Crippen molar-refractivity contribution in [1.82, 2.24) is 15.2 Å². The number of thiol groups is 1. The average Bonchev–Trinajstić information content (AvgIpc) is 3.12. The molecule has 28 heavy (non-hydrogen) atoms. The van der Waals surface area contributed by atoms with Crippen LogP contribution < -0.4 is 16.4 Å². The topological polar surface area (TPSA) is 123 Å². The molecule has 3 rings (SSSR count). The number of aromatic amines is 1. The van der Waals surface area contributed by atoms with Gasteiger partial charge in [0.2, 0.25) is 0 Å². The minimum Gasteiger partial charge on any atom is -0.390 e. The van der Waals surface area contributed by atoms with E-state index in [1.807, 2.05) is 18.7 Å². The molecule has 1 aliphatic rings. The van der Waals surface area contributed by atoms with E-state index in [0.29, 0.717) is 23.7 Å². The van der Waals surface area contributed by atoms with Gasteiger partial charge in [-0.25, -0.2) is 9.78 Å². The number of nitrogens with zero attached hydrogens (tertiary/aromatic N) is 3. The highest BCUT2D eigenvalue weighted by Crippen LogP contribution is 2.32. The molecule has 0 bridgehead atoms. The second-order valence-electron chi connectivity index (χ2n) is 6.44. The number of carbonyl (C=O) groups excluding carboxylic acids is 1. The van der Waals surface area contributed by atoms with Crippen molar-refractivity contribution in [2.75, 3.05) is 11.4 Å². The van der Waals surface area contributed by atoms with Gasteiger partial charge in [0.25, 0.3) is 0 Å². The standard InChI is InChI=1S/C18H21ClN6O2S/c1-9(16(19)20)11-4-3-7-25(17(11)21)14-6-5-12(13-8-22-24-10(13)2)15(23-14)18(26)27-28/h5-6,8,28H,3-4,7,20-21H2,1-2H3,(H,22,24)/b16-9-. The van der Waals surface area contributed by atoms with Gasteiger partial charge in [-0.3, -0.25) is 5.10 Å². The van der Waals surface area contributed by atoms with Crippen molar-refractivity contribution >= 4 is 36.3 Å². The molecule has 0 fully saturated rings. The van der Waals surface area contributed by atoms with E-state index in [9.17, 15) is 4.79 Å². The number of rotatable bonds is 4. The molecule has 0 aliphatic carbocycles. The Labute approximate surface area is 173 Å². The number of aromatic nitrogens is 3. The third kappa shape index (κ3) is 3.67. The van der Waals surface area contributed by atoms with E-state index >= 15 is 0 Å². The predicted octanol–water partition coefficient (Wildman–Crippen LogP) is 2.98. The van der Waals surface area contributed by atoms with E-state index in [-0.39, 0.29) is 10.9 Å². The third-order valence-corrected chi connectivity index (χ3v) is 5.22. The summed E-state index contributed by atoms with van der Waals surface area (Å²) in [5, 5.41) is 7.06. The SMILES string of the molecule is C/C(C1=C(N)N(c2ccc(-c3cn[nH]c3C)c(C(=O)OS)n2)CCC1)=C(/N)Cl. The molecule has 148 valence electrons. The summed E-state index contributed by atoms with van der Waals surface area (Å²) in [7, 11) is 0. The van der Waals surface area contributed by atoms with Crippen molar-refractivity contribution in [3.05, 3.63) is 51.8 Å². The molecule has 0 aromatic carbocycles. The number of hydrogen-bond acceptors (Lipinski definition) is 8. The highest BCUT2D eigenvalue weighted by Gasteiger charge is 2.25. The Hall–Kier alpha value is -2.65. The molecule has 0 amide bonds. The van der Waals surface area contributed by atoms with Crippen molar-refractivity contribution < 1.29 is 8.98 Å². The molecule has 1 aliphatic heterocycles. The van der Waals surface area contributed by atoms with E-state index < -0.39 is 5.97 Å². The first kappa shape index (κ1) is 20.1. The first-order valence-corrected chi connectivity index (χ1v) is 9.35. The lowest BCUT2D eigenvalue weighted by Crippen LogP contribution is -2.34. The van der Waals surface area contributed by atoms with Gasteiger partial charge in [-0.15, -0.1) is 0 Å². The van der Waals surface area contributed by atoms with Crippen LogP contribution in [0.4, 0.5) is 5.82 Å². The van der Waals surface area contributed by atoms with Gasteiger partial charge in [-0.1, -0.05) is 11.6 Å². The van der Waals surface area contributed by atoms with Crippen LogP contribution in [0, 0.1) is 6.92 Å². The number of aryl methyl sites for hydroxylation is 1. The number of anilines is 1. The quantitative estimate of drug-likeness (QED) is 0.340. The number of H-pyrrole nitrogens is 1. The van der Waals surface area contributed by atoms with E-state index in [0.717, 1.165) is 35.2 Å². The summed E-state index contributed by atoms with van der Waals surface area (Å²) in [6.45, 7) is 4.34. The van der Waals surface area contributed by atoms with Gasteiger partial charge in [-0.2, -0.15) is 5.10 Å². The summed E-state index contributed by atoms with van der Waals surface area (Å²) >= 11 is 9.60. The summed E-state index contributed by atoms with van der Waals surface area (Å²) in [4.78, 5) is 18.7. The van der Waals surface area contributed by atoms with Gasteiger partial charge in [0.1, 0.15) is 16.8 Å². The minimum absolute atomic E-state index is 0.126. The summed E-state index contributed by atoms with van der Waals surface area (Å²) < 4.78 is 4.63. The van der Waals surface area contributed by atoms with Crippen LogP contribution in [-0.2, 0) is 4.18 Å². The Morgan fingerprint density at radius 2 is 2.14 bits per heavy atom. The minimum atomic E-state index is -0.665. The molecule has 0 saturated carbocycles. The van der Waals surface area contributed by atoms with Crippen LogP contribution in [0.5, 0.6) is 0 Å². The molecule has 0 spiro atoms. The summed E-state index contributed by atoms with van der Waals surface area (Å²) in [6.07, 6.45) is 3.24. The van der Waals surface area contributed by atoms with Crippen LogP contribution in [0.15, 0.2) is 40.5 Å². The van der Waals surface area contributed by atoms with Gasteiger partial charge in [-0.05, 0) is 50.0 Å². The number of nitrogens with one attached hydrogen (secondary N) is 1. The summed E-state index contributed by atoms with van der Waals surface area (Å²) in [5.41, 5.74) is 16.0. The maximum Gasteiger partial charge on any atom is 0.369 e. The van der Waals surface area contributed by atoms with Crippen LogP contribution in [-0.4, -0.2) is 27.7 Å². The maximum absolute atomic E-state index is 12.3. The van der Waals surface area contributed by atoms with Crippen molar-refractivity contribution in [1.29, 1.82) is 0 Å². The number of carbonyl (C=O) groups is 1. The van der Waals surface area contributed by atoms with E-state index in [4.69, 9.17) is 23.1 Å². The lowest BCUT2D eigenvalue weighted by Gasteiger charge is -2.31. The van der Waals surface area contributed by atoms with Gasteiger partial charge in [0.15, 0.2) is 5.69 Å². The molecule has 0 radical (unpaired) electrons. The van der Waals surface area contributed by atoms with Crippen molar-refractivity contribution in [3.63, 3.8) is 0 Å². The molecule has 5 N–H and O–H groups in total. The lowest BCUT2D eigenvalue weighted by molar-refractivity contribution is 0.0767. The van der Waals surface area contributed by atoms with E-state index in [2.05, 4.69) is 32.3 Å². The molecular formula is C18H21ClN6O2S. The number of allylic oxidation sites excluding steroid dienone is 2. The average molecular weight is 421 g/mol. The number of hydrogen-bond donors (Lipinski definition) is 4. The van der Waals surface area contributed by atoms with Gasteiger partial charge >= 0.3 is 5.97 Å². The number of halogens is 1.